The van der Waals surface area contributed by atoms with Crippen molar-refractivity contribution >= 4 is 29.4 Å². The van der Waals surface area contributed by atoms with E-state index in [2.05, 4.69) is 4.99 Å². The van der Waals surface area contributed by atoms with Gasteiger partial charge >= 0.3 is 11.9 Å². The molecule has 0 bridgehead atoms. The third-order valence-electron chi connectivity index (χ3n) is 5.12. The van der Waals surface area contributed by atoms with Crippen LogP contribution in [0.25, 0.3) is 6.08 Å². The van der Waals surface area contributed by atoms with Gasteiger partial charge in [-0.05, 0) is 55.3 Å². The van der Waals surface area contributed by atoms with E-state index in [-0.39, 0.29) is 17.7 Å². The van der Waals surface area contributed by atoms with E-state index in [1.807, 2.05) is 0 Å². The minimum absolute atomic E-state index is 0.162. The summed E-state index contributed by atoms with van der Waals surface area (Å²) in [7, 11) is 0. The smallest absolute Gasteiger partial charge is 0.338 e. The van der Waals surface area contributed by atoms with Gasteiger partial charge in [0.1, 0.15) is 11.6 Å². The average molecular weight is 481 g/mol. The third-order valence-corrected chi connectivity index (χ3v) is 6.10. The number of hydrogen-bond donors (Lipinski definition) is 0. The van der Waals surface area contributed by atoms with Gasteiger partial charge in [0.2, 0.25) is 0 Å². The fraction of sp³-hybridized carbons (Fsp3) is 0.200. The maximum absolute atomic E-state index is 13.6. The van der Waals surface area contributed by atoms with Gasteiger partial charge in [-0.1, -0.05) is 35.6 Å². The van der Waals surface area contributed by atoms with Crippen LogP contribution >= 0.6 is 11.3 Å². The summed E-state index contributed by atoms with van der Waals surface area (Å²) in [5, 5.41) is 0. The summed E-state index contributed by atoms with van der Waals surface area (Å²) in [5.74, 6) is -1.10. The van der Waals surface area contributed by atoms with Gasteiger partial charge in [-0.15, -0.1) is 0 Å². The Labute approximate surface area is 198 Å². The lowest BCUT2D eigenvalue weighted by Crippen LogP contribution is -2.39. The van der Waals surface area contributed by atoms with Crippen molar-refractivity contribution in [3.05, 3.63) is 96.4 Å². The molecule has 0 spiro atoms. The molecule has 1 aliphatic heterocycles. The molecule has 0 N–H and O–H groups in total. The SMILES string of the molecule is CCOC(=O)C1=C(C)N=c2s/c(=C\c3cccc(OC(C)=O)c3)c(=O)n2[C@@H]1c1ccc(F)cc1. The van der Waals surface area contributed by atoms with Crippen LogP contribution in [-0.4, -0.2) is 23.1 Å². The van der Waals surface area contributed by atoms with E-state index in [4.69, 9.17) is 9.47 Å². The molecule has 0 amide bonds. The van der Waals surface area contributed by atoms with Crippen LogP contribution in [0.15, 0.2) is 69.6 Å². The molecule has 2 aromatic carbocycles. The lowest BCUT2D eigenvalue weighted by atomic mass is 9.96. The highest BCUT2D eigenvalue weighted by Gasteiger charge is 2.33. The monoisotopic (exact) mass is 480 g/mol. The molecular weight excluding hydrogens is 459 g/mol. The van der Waals surface area contributed by atoms with Crippen LogP contribution in [0, 0.1) is 5.82 Å². The van der Waals surface area contributed by atoms with Crippen molar-refractivity contribution in [2.75, 3.05) is 6.61 Å². The molecule has 0 unspecified atom stereocenters. The number of benzene rings is 2. The van der Waals surface area contributed by atoms with E-state index >= 15 is 0 Å². The molecule has 9 heteroatoms. The Bertz CT molecular complexity index is 1480. The predicted molar refractivity (Wildman–Crippen MR) is 125 cm³/mol. The molecule has 1 aliphatic rings. The van der Waals surface area contributed by atoms with Crippen LogP contribution in [0.3, 0.4) is 0 Å². The quantitative estimate of drug-likeness (QED) is 0.414. The van der Waals surface area contributed by atoms with Crippen molar-refractivity contribution in [2.24, 2.45) is 4.99 Å². The number of aromatic nitrogens is 1. The number of hydrogen-bond acceptors (Lipinski definition) is 7. The topological polar surface area (TPSA) is 87.0 Å². The van der Waals surface area contributed by atoms with Crippen LogP contribution in [-0.2, 0) is 14.3 Å². The van der Waals surface area contributed by atoms with Gasteiger partial charge in [0.15, 0.2) is 4.80 Å². The summed E-state index contributed by atoms with van der Waals surface area (Å²) in [5.41, 5.74) is 1.51. The molecule has 0 aliphatic carbocycles. The number of thiazole rings is 1. The van der Waals surface area contributed by atoms with Crippen molar-refractivity contribution in [3.8, 4) is 5.75 Å². The summed E-state index contributed by atoms with van der Waals surface area (Å²) >= 11 is 1.17. The number of rotatable bonds is 5. The third kappa shape index (κ3) is 4.60. The second-order valence-corrected chi connectivity index (χ2v) is 8.53. The molecule has 1 atom stereocenters. The molecule has 0 saturated heterocycles. The molecule has 0 fully saturated rings. The van der Waals surface area contributed by atoms with Crippen LogP contribution in [0.4, 0.5) is 4.39 Å². The van der Waals surface area contributed by atoms with Crippen molar-refractivity contribution < 1.29 is 23.5 Å². The largest absolute Gasteiger partial charge is 0.463 e. The van der Waals surface area contributed by atoms with Gasteiger partial charge in [0.25, 0.3) is 5.56 Å². The molecule has 3 aromatic rings. The lowest BCUT2D eigenvalue weighted by Gasteiger charge is -2.24. The fourth-order valence-corrected chi connectivity index (χ4v) is 4.78. The molecular formula is C25H21FN2O5S. The van der Waals surface area contributed by atoms with Gasteiger partial charge in [-0.3, -0.25) is 14.2 Å². The Kier molecular flexibility index (Phi) is 6.56. The van der Waals surface area contributed by atoms with Gasteiger partial charge in [-0.25, -0.2) is 14.2 Å². The second kappa shape index (κ2) is 9.56. The van der Waals surface area contributed by atoms with Crippen LogP contribution < -0.4 is 19.6 Å². The van der Waals surface area contributed by atoms with Crippen LogP contribution in [0.1, 0.15) is 37.9 Å². The number of ether oxygens (including phenoxy) is 2. The standard InChI is InChI=1S/C25H21FN2O5S/c1-4-32-24(31)21-14(2)27-25-28(22(21)17-8-10-18(26)11-9-17)23(30)20(34-25)13-16-6-5-7-19(12-16)33-15(3)29/h5-13,22H,4H2,1-3H3/b20-13-/t22-/m1/s1. The maximum Gasteiger partial charge on any atom is 0.338 e. The predicted octanol–water partition coefficient (Wildman–Crippen LogP) is 2.86. The summed E-state index contributed by atoms with van der Waals surface area (Å²) < 4.78 is 25.8. The van der Waals surface area contributed by atoms with Gasteiger partial charge in [-0.2, -0.15) is 0 Å². The Balaban J connectivity index is 1.90. The fourth-order valence-electron chi connectivity index (χ4n) is 3.74. The van der Waals surface area contributed by atoms with Crippen LogP contribution in [0.2, 0.25) is 0 Å². The van der Waals surface area contributed by atoms with Gasteiger partial charge < -0.3 is 9.47 Å². The molecule has 2 heterocycles. The Morgan fingerprint density at radius 3 is 2.62 bits per heavy atom. The first-order valence-electron chi connectivity index (χ1n) is 10.5. The van der Waals surface area contributed by atoms with Crippen molar-refractivity contribution in [1.82, 2.24) is 4.57 Å². The Morgan fingerprint density at radius 1 is 1.21 bits per heavy atom. The second-order valence-electron chi connectivity index (χ2n) is 7.52. The number of fused-ring (bicyclic) bond motifs is 1. The first-order chi connectivity index (χ1) is 16.3. The number of halogens is 1. The summed E-state index contributed by atoms with van der Waals surface area (Å²) in [6.45, 7) is 4.85. The zero-order valence-electron chi connectivity index (χ0n) is 18.7. The molecule has 1 aromatic heterocycles. The minimum atomic E-state index is -0.814. The highest BCUT2D eigenvalue weighted by molar-refractivity contribution is 7.07. The molecule has 0 saturated carbocycles. The highest BCUT2D eigenvalue weighted by Crippen LogP contribution is 2.30. The first kappa shape index (κ1) is 23.3. The zero-order chi connectivity index (χ0) is 24.4. The summed E-state index contributed by atoms with van der Waals surface area (Å²) in [6, 6.07) is 11.6. The summed E-state index contributed by atoms with van der Waals surface area (Å²) in [6.07, 6.45) is 1.67. The van der Waals surface area contributed by atoms with Crippen LogP contribution in [0.5, 0.6) is 5.75 Å². The first-order valence-corrected chi connectivity index (χ1v) is 11.3. The highest BCUT2D eigenvalue weighted by atomic mass is 32.1. The number of carbonyl (C=O) groups is 2. The van der Waals surface area contributed by atoms with E-state index in [1.54, 1.807) is 44.2 Å². The normalized spacial score (nSPS) is 15.5. The number of allylic oxidation sites excluding steroid dienone is 1. The minimum Gasteiger partial charge on any atom is -0.463 e. The number of esters is 2. The van der Waals surface area contributed by atoms with Crippen molar-refractivity contribution in [3.63, 3.8) is 0 Å². The van der Waals surface area contributed by atoms with E-state index in [0.29, 0.717) is 31.9 Å². The zero-order valence-corrected chi connectivity index (χ0v) is 19.5. The maximum atomic E-state index is 13.6. The summed E-state index contributed by atoms with van der Waals surface area (Å²) in [4.78, 5) is 42.5. The molecule has 0 radical (unpaired) electrons. The Hall–Kier alpha value is -3.85. The van der Waals surface area contributed by atoms with Gasteiger partial charge in [0, 0.05) is 6.92 Å². The Morgan fingerprint density at radius 2 is 1.94 bits per heavy atom. The molecule has 34 heavy (non-hydrogen) atoms. The van der Waals surface area contributed by atoms with Crippen molar-refractivity contribution in [2.45, 2.75) is 26.8 Å². The molecule has 4 rings (SSSR count). The number of carbonyl (C=O) groups excluding carboxylic acids is 2. The molecule has 174 valence electrons. The lowest BCUT2D eigenvalue weighted by molar-refractivity contribution is -0.139. The van der Waals surface area contributed by atoms with E-state index in [1.165, 1.54) is 47.1 Å². The van der Waals surface area contributed by atoms with Gasteiger partial charge in [0.05, 0.1) is 28.5 Å². The van der Waals surface area contributed by atoms with E-state index in [0.717, 1.165) is 0 Å². The average Bonchev–Trinajstić information content (AvgIpc) is 3.08. The van der Waals surface area contributed by atoms with Crippen molar-refractivity contribution in [1.29, 1.82) is 0 Å². The molecule has 7 nitrogen and oxygen atoms in total. The number of nitrogens with zero attached hydrogens (tertiary/aromatic N) is 2. The van der Waals surface area contributed by atoms with E-state index < -0.39 is 23.8 Å². The van der Waals surface area contributed by atoms with E-state index in [9.17, 15) is 18.8 Å².